The van der Waals surface area contributed by atoms with Crippen molar-refractivity contribution in [2.75, 3.05) is 11.9 Å². The number of anilines is 1. The molecule has 0 fully saturated rings. The molecule has 0 radical (unpaired) electrons. The Labute approximate surface area is 148 Å². The van der Waals surface area contributed by atoms with Crippen LogP contribution >= 0.6 is 0 Å². The topological polar surface area (TPSA) is 66.9 Å². The van der Waals surface area contributed by atoms with Crippen LogP contribution in [0.5, 0.6) is 0 Å². The number of pyridine rings is 2. The molecule has 2 aromatic heterocycles. The Bertz CT molecular complexity index is 727. The molecule has 130 valence electrons. The third kappa shape index (κ3) is 5.41. The van der Waals surface area contributed by atoms with Crippen molar-refractivity contribution in [1.82, 2.24) is 15.3 Å². The van der Waals surface area contributed by atoms with Crippen LogP contribution in [0.3, 0.4) is 0 Å². The monoisotopic (exact) mass is 336 g/mol. The lowest BCUT2D eigenvalue weighted by Gasteiger charge is -2.13. The summed E-state index contributed by atoms with van der Waals surface area (Å²) in [6, 6.07) is 7.57. The van der Waals surface area contributed by atoms with E-state index in [0.29, 0.717) is 18.8 Å². The second-order valence-electron chi connectivity index (χ2n) is 6.25. The van der Waals surface area contributed by atoms with Crippen molar-refractivity contribution in [3.8, 4) is 0 Å². The molecule has 0 aromatic carbocycles. The van der Waals surface area contributed by atoms with Gasteiger partial charge in [0.1, 0.15) is 5.69 Å². The summed E-state index contributed by atoms with van der Waals surface area (Å²) in [5, 5.41) is 6.28. The third-order valence-electron chi connectivity index (χ3n) is 4.36. The maximum absolute atomic E-state index is 12.3. The van der Waals surface area contributed by atoms with E-state index >= 15 is 0 Å². The van der Waals surface area contributed by atoms with Gasteiger partial charge in [0.2, 0.25) is 0 Å². The molecule has 2 aromatic rings. The van der Waals surface area contributed by atoms with Crippen LogP contribution in [0.2, 0.25) is 0 Å². The lowest BCUT2D eigenvalue weighted by molar-refractivity contribution is 0.0949. The van der Waals surface area contributed by atoms with E-state index in [1.165, 1.54) is 31.3 Å². The number of hydrogen-bond acceptors (Lipinski definition) is 4. The molecule has 2 heterocycles. The van der Waals surface area contributed by atoms with E-state index in [9.17, 15) is 4.79 Å². The van der Waals surface area contributed by atoms with E-state index in [0.717, 1.165) is 17.7 Å². The van der Waals surface area contributed by atoms with Gasteiger partial charge in [-0.15, -0.1) is 0 Å². The van der Waals surface area contributed by atoms with Gasteiger partial charge in [-0.1, -0.05) is 11.6 Å². The first-order valence-electron chi connectivity index (χ1n) is 8.86. The molecule has 2 N–H and O–H groups in total. The van der Waals surface area contributed by atoms with Crippen LogP contribution in [0.15, 0.2) is 54.5 Å². The Kier molecular flexibility index (Phi) is 6.15. The van der Waals surface area contributed by atoms with Crippen LogP contribution in [0, 0.1) is 0 Å². The van der Waals surface area contributed by atoms with Gasteiger partial charge in [0.15, 0.2) is 0 Å². The Hall–Kier alpha value is -2.69. The van der Waals surface area contributed by atoms with Gasteiger partial charge >= 0.3 is 0 Å². The SMILES string of the molecule is O=C(NCCC1=CCCCC1)c1cc(NCc2ccncc2)ccn1. The number of rotatable bonds is 7. The highest BCUT2D eigenvalue weighted by molar-refractivity contribution is 5.93. The number of nitrogens with one attached hydrogen (secondary N) is 2. The van der Waals surface area contributed by atoms with Crippen molar-refractivity contribution in [2.24, 2.45) is 0 Å². The Morgan fingerprint density at radius 2 is 2.00 bits per heavy atom. The molecule has 0 atom stereocenters. The van der Waals surface area contributed by atoms with Crippen molar-refractivity contribution in [1.29, 1.82) is 0 Å². The van der Waals surface area contributed by atoms with Crippen LogP contribution in [-0.4, -0.2) is 22.4 Å². The smallest absolute Gasteiger partial charge is 0.269 e. The molecule has 25 heavy (non-hydrogen) atoms. The molecule has 0 unspecified atom stereocenters. The molecule has 5 heteroatoms. The quantitative estimate of drug-likeness (QED) is 0.757. The molecule has 3 rings (SSSR count). The lowest BCUT2D eigenvalue weighted by atomic mass is 9.97. The van der Waals surface area contributed by atoms with E-state index in [4.69, 9.17) is 0 Å². The first-order valence-corrected chi connectivity index (χ1v) is 8.86. The Morgan fingerprint density at radius 1 is 1.12 bits per heavy atom. The van der Waals surface area contributed by atoms with E-state index in [2.05, 4.69) is 26.7 Å². The highest BCUT2D eigenvalue weighted by Gasteiger charge is 2.09. The van der Waals surface area contributed by atoms with Gasteiger partial charge in [-0.25, -0.2) is 0 Å². The number of allylic oxidation sites excluding steroid dienone is 1. The zero-order chi connectivity index (χ0) is 17.3. The summed E-state index contributed by atoms with van der Waals surface area (Å²) in [4.78, 5) is 20.5. The maximum atomic E-state index is 12.3. The first-order chi connectivity index (χ1) is 12.3. The van der Waals surface area contributed by atoms with Crippen molar-refractivity contribution in [3.05, 3.63) is 65.8 Å². The molecule has 0 saturated carbocycles. The first kappa shape index (κ1) is 17.1. The van der Waals surface area contributed by atoms with Crippen molar-refractivity contribution in [2.45, 2.75) is 38.6 Å². The molecule has 0 bridgehead atoms. The Balaban J connectivity index is 1.49. The second-order valence-corrected chi connectivity index (χ2v) is 6.25. The highest BCUT2D eigenvalue weighted by Crippen LogP contribution is 2.19. The average Bonchev–Trinajstić information content (AvgIpc) is 2.68. The van der Waals surface area contributed by atoms with Gasteiger partial charge in [-0.3, -0.25) is 14.8 Å². The molecule has 5 nitrogen and oxygen atoms in total. The summed E-state index contributed by atoms with van der Waals surface area (Å²) in [7, 11) is 0. The molecule has 1 amide bonds. The summed E-state index contributed by atoms with van der Waals surface area (Å²) in [5.74, 6) is -0.121. The minimum absolute atomic E-state index is 0.121. The van der Waals surface area contributed by atoms with Crippen LogP contribution in [0.25, 0.3) is 0 Å². The van der Waals surface area contributed by atoms with Crippen molar-refractivity contribution < 1.29 is 4.79 Å². The predicted molar refractivity (Wildman–Crippen MR) is 99.3 cm³/mol. The standard InChI is InChI=1S/C20H24N4O/c25-20(23-12-8-16-4-2-1-3-5-16)19-14-18(9-13-22-19)24-15-17-6-10-21-11-7-17/h4,6-7,9-11,13-14H,1-3,5,8,12,15H2,(H,22,24)(H,23,25). The summed E-state index contributed by atoms with van der Waals surface area (Å²) >= 11 is 0. The molecular formula is C20H24N4O. The molecule has 1 aliphatic rings. The summed E-state index contributed by atoms with van der Waals surface area (Å²) < 4.78 is 0. The van der Waals surface area contributed by atoms with E-state index in [-0.39, 0.29) is 5.91 Å². The normalized spacial score (nSPS) is 13.8. The Morgan fingerprint density at radius 3 is 2.80 bits per heavy atom. The fourth-order valence-electron chi connectivity index (χ4n) is 2.93. The minimum atomic E-state index is -0.121. The van der Waals surface area contributed by atoms with Crippen molar-refractivity contribution in [3.63, 3.8) is 0 Å². The summed E-state index contributed by atoms with van der Waals surface area (Å²) in [6.07, 6.45) is 13.4. The molecule has 0 spiro atoms. The van der Waals surface area contributed by atoms with E-state index in [1.54, 1.807) is 24.7 Å². The fraction of sp³-hybridized carbons (Fsp3) is 0.350. The molecule has 0 saturated heterocycles. The lowest BCUT2D eigenvalue weighted by Crippen LogP contribution is -2.25. The van der Waals surface area contributed by atoms with Gasteiger partial charge in [-0.2, -0.15) is 0 Å². The molecule has 1 aliphatic carbocycles. The molecular weight excluding hydrogens is 312 g/mol. The summed E-state index contributed by atoms with van der Waals surface area (Å²) in [5.41, 5.74) is 3.93. The van der Waals surface area contributed by atoms with Crippen LogP contribution in [0.4, 0.5) is 5.69 Å². The minimum Gasteiger partial charge on any atom is -0.381 e. The number of nitrogens with zero attached hydrogens (tertiary/aromatic N) is 2. The average molecular weight is 336 g/mol. The van der Waals surface area contributed by atoms with Gasteiger partial charge in [-0.05, 0) is 61.9 Å². The third-order valence-corrected chi connectivity index (χ3v) is 4.36. The van der Waals surface area contributed by atoms with Crippen LogP contribution in [0.1, 0.15) is 48.2 Å². The van der Waals surface area contributed by atoms with Crippen LogP contribution < -0.4 is 10.6 Å². The number of aromatic nitrogens is 2. The zero-order valence-corrected chi connectivity index (χ0v) is 14.4. The van der Waals surface area contributed by atoms with Crippen LogP contribution in [-0.2, 0) is 6.54 Å². The zero-order valence-electron chi connectivity index (χ0n) is 14.4. The van der Waals surface area contributed by atoms with Gasteiger partial charge in [0.25, 0.3) is 5.91 Å². The number of amides is 1. The van der Waals surface area contributed by atoms with E-state index in [1.807, 2.05) is 18.2 Å². The van der Waals surface area contributed by atoms with E-state index < -0.39 is 0 Å². The largest absolute Gasteiger partial charge is 0.381 e. The predicted octanol–water partition coefficient (Wildman–Crippen LogP) is 3.71. The van der Waals surface area contributed by atoms with Gasteiger partial charge in [0, 0.05) is 37.4 Å². The highest BCUT2D eigenvalue weighted by atomic mass is 16.1. The van der Waals surface area contributed by atoms with Gasteiger partial charge in [0.05, 0.1) is 0 Å². The number of hydrogen-bond donors (Lipinski definition) is 2. The fourth-order valence-corrected chi connectivity index (χ4v) is 2.93. The second kappa shape index (κ2) is 8.97. The number of carbonyl (C=O) groups is 1. The molecule has 0 aliphatic heterocycles. The summed E-state index contributed by atoms with van der Waals surface area (Å²) in [6.45, 7) is 1.35. The van der Waals surface area contributed by atoms with Gasteiger partial charge < -0.3 is 10.6 Å². The van der Waals surface area contributed by atoms with Crippen molar-refractivity contribution >= 4 is 11.6 Å². The maximum Gasteiger partial charge on any atom is 0.269 e. The number of carbonyl (C=O) groups excluding carboxylic acids is 1.